The second-order valence-corrected chi connectivity index (χ2v) is 3.71. The molecule has 0 aromatic carbocycles. The highest BCUT2D eigenvalue weighted by Gasteiger charge is 2.43. The van der Waals surface area contributed by atoms with E-state index in [2.05, 4.69) is 0 Å². The van der Waals surface area contributed by atoms with Crippen LogP contribution in [0.3, 0.4) is 0 Å². The van der Waals surface area contributed by atoms with E-state index in [-0.39, 0.29) is 11.9 Å². The molecule has 0 spiro atoms. The zero-order chi connectivity index (χ0) is 10.2. The molecule has 1 aliphatic rings. The van der Waals surface area contributed by atoms with Crippen LogP contribution in [0.1, 0.15) is 27.7 Å². The van der Waals surface area contributed by atoms with E-state index in [0.29, 0.717) is 0 Å². The summed E-state index contributed by atoms with van der Waals surface area (Å²) in [6.45, 7) is 6.71. The van der Waals surface area contributed by atoms with Gasteiger partial charge in [-0.25, -0.2) is 4.79 Å². The maximum atomic E-state index is 13.1. The molecule has 0 aromatic rings. The zero-order valence-corrected chi connectivity index (χ0v) is 8.18. The third-order valence-corrected chi connectivity index (χ3v) is 1.63. The summed E-state index contributed by atoms with van der Waals surface area (Å²) in [6, 6.07) is 0. The van der Waals surface area contributed by atoms with Gasteiger partial charge in [-0.15, -0.1) is 0 Å². The van der Waals surface area contributed by atoms with Crippen LogP contribution in [-0.4, -0.2) is 17.7 Å². The fourth-order valence-corrected chi connectivity index (χ4v) is 1.11. The van der Waals surface area contributed by atoms with Crippen LogP contribution < -0.4 is 0 Å². The highest BCUT2D eigenvalue weighted by atomic mass is 19.1. The van der Waals surface area contributed by atoms with Crippen LogP contribution in [0.15, 0.2) is 11.6 Å². The predicted molar refractivity (Wildman–Crippen MR) is 44.5 cm³/mol. The van der Waals surface area contributed by atoms with Crippen molar-refractivity contribution in [1.29, 1.82) is 0 Å². The Hall–Kier alpha value is -1.06. The van der Waals surface area contributed by atoms with Crippen molar-refractivity contribution in [3.63, 3.8) is 0 Å². The Kier molecular flexibility index (Phi) is 2.32. The second kappa shape index (κ2) is 3.01. The minimum atomic E-state index is -0.981. The Morgan fingerprint density at radius 2 is 2.00 bits per heavy atom. The number of hydrogen-bond donors (Lipinski definition) is 0. The summed E-state index contributed by atoms with van der Waals surface area (Å²) < 4.78 is 23.0. The van der Waals surface area contributed by atoms with Crippen molar-refractivity contribution in [2.24, 2.45) is 0 Å². The van der Waals surface area contributed by atoms with Crippen LogP contribution in [0, 0.1) is 0 Å². The molecule has 0 amide bonds. The third-order valence-electron chi connectivity index (χ3n) is 1.63. The lowest BCUT2D eigenvalue weighted by Crippen LogP contribution is -2.26. The first-order chi connectivity index (χ1) is 5.84. The Morgan fingerprint density at radius 3 is 2.31 bits per heavy atom. The molecule has 0 N–H and O–H groups in total. The van der Waals surface area contributed by atoms with Crippen molar-refractivity contribution in [1.82, 2.24) is 0 Å². The summed E-state index contributed by atoms with van der Waals surface area (Å²) in [4.78, 5) is 10.8. The van der Waals surface area contributed by atoms with Crippen molar-refractivity contribution in [2.75, 3.05) is 0 Å². The molecule has 0 unspecified atom stereocenters. The molecule has 1 rings (SSSR count). The third kappa shape index (κ3) is 1.82. The van der Waals surface area contributed by atoms with Gasteiger partial charge in [-0.05, 0) is 27.7 Å². The van der Waals surface area contributed by atoms with E-state index >= 15 is 0 Å². The quantitative estimate of drug-likeness (QED) is 0.621. The molecular weight excluding hydrogens is 175 g/mol. The number of hydrogen-bond acceptors (Lipinski definition) is 3. The second-order valence-electron chi connectivity index (χ2n) is 3.71. The highest BCUT2D eigenvalue weighted by Crippen LogP contribution is 2.34. The Bertz CT molecular complexity index is 266. The lowest BCUT2D eigenvalue weighted by molar-refractivity contribution is -0.147. The Balaban J connectivity index is 2.95. The molecule has 1 aliphatic heterocycles. The highest BCUT2D eigenvalue weighted by molar-refractivity contribution is 5.90. The van der Waals surface area contributed by atoms with E-state index in [0.717, 1.165) is 0 Å². The molecule has 0 saturated carbocycles. The number of rotatable bonds is 2. The van der Waals surface area contributed by atoms with Crippen molar-refractivity contribution in [3.05, 3.63) is 11.6 Å². The monoisotopic (exact) mass is 188 g/mol. The zero-order valence-electron chi connectivity index (χ0n) is 8.18. The number of carbonyl (C=O) groups excluding carboxylic acids is 1. The van der Waals surface area contributed by atoms with E-state index in [4.69, 9.17) is 9.47 Å². The molecule has 0 aliphatic carbocycles. The largest absolute Gasteiger partial charge is 0.488 e. The van der Waals surface area contributed by atoms with E-state index < -0.39 is 17.4 Å². The average Bonchev–Trinajstić information content (AvgIpc) is 2.12. The van der Waals surface area contributed by atoms with Gasteiger partial charge in [-0.3, -0.25) is 0 Å². The molecule has 3 nitrogen and oxygen atoms in total. The topological polar surface area (TPSA) is 35.5 Å². The lowest BCUT2D eigenvalue weighted by atomic mass is 10.1. The van der Waals surface area contributed by atoms with E-state index in [1.54, 1.807) is 27.7 Å². The maximum absolute atomic E-state index is 13.1. The van der Waals surface area contributed by atoms with Crippen LogP contribution in [0.5, 0.6) is 0 Å². The molecule has 74 valence electrons. The summed E-state index contributed by atoms with van der Waals surface area (Å²) in [6.07, 6.45) is -0.172. The average molecular weight is 188 g/mol. The van der Waals surface area contributed by atoms with Gasteiger partial charge in [0.05, 0.1) is 6.10 Å². The number of ether oxygens (including phenoxy) is 2. The van der Waals surface area contributed by atoms with E-state index in [9.17, 15) is 9.18 Å². The molecule has 0 radical (unpaired) electrons. The molecule has 0 fully saturated rings. The normalized spacial score (nSPS) is 20.9. The Labute approximate surface area is 76.5 Å². The SMILES string of the molecule is CC(C)OC1=C(F)C(=O)OC1(C)C. The first-order valence-corrected chi connectivity index (χ1v) is 4.15. The molecule has 0 atom stereocenters. The van der Waals surface area contributed by atoms with Gasteiger partial charge in [-0.1, -0.05) is 0 Å². The van der Waals surface area contributed by atoms with E-state index in [1.165, 1.54) is 0 Å². The van der Waals surface area contributed by atoms with Crippen molar-refractivity contribution in [3.8, 4) is 0 Å². The minimum absolute atomic E-state index is 0.00694. The van der Waals surface area contributed by atoms with E-state index in [1.807, 2.05) is 0 Å². The molecule has 0 aromatic heterocycles. The Morgan fingerprint density at radius 1 is 1.46 bits per heavy atom. The molecule has 0 bridgehead atoms. The summed E-state index contributed by atoms with van der Waals surface area (Å²) in [5.74, 6) is -1.87. The summed E-state index contributed by atoms with van der Waals surface area (Å²) >= 11 is 0. The maximum Gasteiger partial charge on any atom is 0.371 e. The van der Waals surface area contributed by atoms with Gasteiger partial charge in [0.2, 0.25) is 5.83 Å². The van der Waals surface area contributed by atoms with Gasteiger partial charge in [0.15, 0.2) is 11.4 Å². The minimum Gasteiger partial charge on any atom is -0.488 e. The van der Waals surface area contributed by atoms with Crippen LogP contribution in [0.4, 0.5) is 4.39 Å². The van der Waals surface area contributed by atoms with Crippen molar-refractivity contribution < 1.29 is 18.7 Å². The van der Waals surface area contributed by atoms with Crippen LogP contribution >= 0.6 is 0 Å². The van der Waals surface area contributed by atoms with Crippen molar-refractivity contribution >= 4 is 5.97 Å². The number of esters is 1. The lowest BCUT2D eigenvalue weighted by Gasteiger charge is -2.22. The molecule has 1 heterocycles. The smallest absolute Gasteiger partial charge is 0.371 e. The number of cyclic esters (lactones) is 1. The van der Waals surface area contributed by atoms with Gasteiger partial charge < -0.3 is 9.47 Å². The molecule has 4 heteroatoms. The van der Waals surface area contributed by atoms with Crippen LogP contribution in [0.2, 0.25) is 0 Å². The van der Waals surface area contributed by atoms with Gasteiger partial charge in [0, 0.05) is 0 Å². The van der Waals surface area contributed by atoms with Gasteiger partial charge in [-0.2, -0.15) is 4.39 Å². The number of halogens is 1. The van der Waals surface area contributed by atoms with Crippen LogP contribution in [-0.2, 0) is 14.3 Å². The molecule has 13 heavy (non-hydrogen) atoms. The fourth-order valence-electron chi connectivity index (χ4n) is 1.11. The van der Waals surface area contributed by atoms with Gasteiger partial charge >= 0.3 is 5.97 Å². The summed E-state index contributed by atoms with van der Waals surface area (Å²) in [5, 5.41) is 0. The fraction of sp³-hybridized carbons (Fsp3) is 0.667. The first-order valence-electron chi connectivity index (χ1n) is 4.15. The van der Waals surface area contributed by atoms with Gasteiger partial charge in [0.25, 0.3) is 0 Å². The number of carbonyl (C=O) groups is 1. The first kappa shape index (κ1) is 10.0. The van der Waals surface area contributed by atoms with Gasteiger partial charge in [0.1, 0.15) is 0 Å². The molecule has 0 saturated heterocycles. The predicted octanol–water partition coefficient (Wildman–Crippen LogP) is 1.93. The summed E-state index contributed by atoms with van der Waals surface area (Å²) in [7, 11) is 0. The van der Waals surface area contributed by atoms with Crippen molar-refractivity contribution in [2.45, 2.75) is 39.4 Å². The summed E-state index contributed by atoms with van der Waals surface area (Å²) in [5.41, 5.74) is -0.981. The standard InChI is InChI=1S/C9H13FO3/c1-5(2)12-7-6(10)8(11)13-9(7,3)4/h5H,1-4H3. The van der Waals surface area contributed by atoms with Crippen LogP contribution in [0.25, 0.3) is 0 Å². The molecular formula is C9H13FO3.